The van der Waals surface area contributed by atoms with Gasteiger partial charge in [0.2, 0.25) is 0 Å². The van der Waals surface area contributed by atoms with E-state index in [4.69, 9.17) is 0 Å². The first-order valence-electron chi connectivity index (χ1n) is 4.41. The van der Waals surface area contributed by atoms with Crippen LogP contribution < -0.4 is 0 Å². The molecule has 0 amide bonds. The molecule has 1 aromatic heterocycles. The Bertz CT molecular complexity index is 317. The fraction of sp³-hybridized carbons (Fsp3) is 0.400. The number of rotatable bonds is 5. The average Bonchev–Trinajstić information content (AvgIpc) is 2.15. The summed E-state index contributed by atoms with van der Waals surface area (Å²) in [7, 11) is 0. The first-order valence-corrected chi connectivity index (χ1v) is 6.36. The van der Waals surface area contributed by atoms with E-state index in [0.717, 1.165) is 15.8 Å². The maximum absolute atomic E-state index is 11.4. The Morgan fingerprint density at radius 2 is 2.36 bits per heavy atom. The Hall–Kier alpha value is -0.350. The average molecular weight is 274 g/mol. The first kappa shape index (κ1) is 11.7. The molecule has 0 saturated heterocycles. The summed E-state index contributed by atoms with van der Waals surface area (Å²) >= 11 is 4.98. The van der Waals surface area contributed by atoms with E-state index in [0.29, 0.717) is 12.2 Å². The standard InChI is InChI=1S/C10H12BrNOS/c1-2-14-7-10(13)4-8-3-9(11)6-12-5-8/h3,5-6H,2,4,7H2,1H3. The van der Waals surface area contributed by atoms with Crippen LogP contribution in [0.15, 0.2) is 22.9 Å². The molecule has 0 saturated carbocycles. The van der Waals surface area contributed by atoms with E-state index < -0.39 is 0 Å². The highest BCUT2D eigenvalue weighted by Crippen LogP contribution is 2.11. The van der Waals surface area contributed by atoms with Crippen LogP contribution in [0.1, 0.15) is 12.5 Å². The minimum absolute atomic E-state index is 0.261. The van der Waals surface area contributed by atoms with E-state index in [1.165, 1.54) is 0 Å². The monoisotopic (exact) mass is 273 g/mol. The SMILES string of the molecule is CCSCC(=O)Cc1cncc(Br)c1. The molecule has 76 valence electrons. The Morgan fingerprint density at radius 1 is 1.57 bits per heavy atom. The summed E-state index contributed by atoms with van der Waals surface area (Å²) in [5.74, 6) is 1.85. The molecule has 0 N–H and O–H groups in total. The molecule has 0 aliphatic heterocycles. The number of hydrogen-bond donors (Lipinski definition) is 0. The maximum Gasteiger partial charge on any atom is 0.147 e. The van der Waals surface area contributed by atoms with Gasteiger partial charge in [-0.15, -0.1) is 0 Å². The number of thioether (sulfide) groups is 1. The minimum atomic E-state index is 0.261. The van der Waals surface area contributed by atoms with Crippen LogP contribution in [0.25, 0.3) is 0 Å². The second-order valence-corrected chi connectivity index (χ2v) is 5.05. The summed E-state index contributed by atoms with van der Waals surface area (Å²) < 4.78 is 0.922. The molecule has 0 aromatic carbocycles. The van der Waals surface area contributed by atoms with Crippen LogP contribution in [-0.4, -0.2) is 22.3 Å². The number of halogens is 1. The van der Waals surface area contributed by atoms with Crippen LogP contribution in [0, 0.1) is 0 Å². The third kappa shape index (κ3) is 4.24. The number of pyridine rings is 1. The predicted octanol–water partition coefficient (Wildman–Crippen LogP) is 2.71. The van der Waals surface area contributed by atoms with Crippen molar-refractivity contribution in [3.63, 3.8) is 0 Å². The highest BCUT2D eigenvalue weighted by molar-refractivity contribution is 9.10. The third-order valence-electron chi connectivity index (χ3n) is 1.63. The highest BCUT2D eigenvalue weighted by Gasteiger charge is 2.03. The van der Waals surface area contributed by atoms with Gasteiger partial charge >= 0.3 is 0 Å². The molecule has 1 heterocycles. The van der Waals surface area contributed by atoms with E-state index in [9.17, 15) is 4.79 Å². The van der Waals surface area contributed by atoms with Gasteiger partial charge in [-0.1, -0.05) is 6.92 Å². The molecule has 0 aliphatic carbocycles. The zero-order valence-electron chi connectivity index (χ0n) is 8.00. The summed E-state index contributed by atoms with van der Waals surface area (Å²) in [6.45, 7) is 2.05. The quantitative estimate of drug-likeness (QED) is 0.827. The predicted molar refractivity (Wildman–Crippen MR) is 63.6 cm³/mol. The van der Waals surface area contributed by atoms with Crippen LogP contribution in [-0.2, 0) is 11.2 Å². The minimum Gasteiger partial charge on any atom is -0.298 e. The van der Waals surface area contributed by atoms with E-state index in [1.807, 2.05) is 6.07 Å². The highest BCUT2D eigenvalue weighted by atomic mass is 79.9. The van der Waals surface area contributed by atoms with Crippen molar-refractivity contribution >= 4 is 33.5 Å². The first-order chi connectivity index (χ1) is 6.72. The Kier molecular flexibility index (Phi) is 5.19. The van der Waals surface area contributed by atoms with Gasteiger partial charge in [0, 0.05) is 23.3 Å². The molecule has 0 aliphatic rings. The lowest BCUT2D eigenvalue weighted by molar-refractivity contribution is -0.116. The van der Waals surface area contributed by atoms with Crippen molar-refractivity contribution in [3.05, 3.63) is 28.5 Å². The summed E-state index contributed by atoms with van der Waals surface area (Å²) in [4.78, 5) is 15.4. The summed E-state index contributed by atoms with van der Waals surface area (Å²) in [5.41, 5.74) is 0.973. The van der Waals surface area contributed by atoms with Gasteiger partial charge in [0.15, 0.2) is 0 Å². The number of carbonyl (C=O) groups is 1. The largest absolute Gasteiger partial charge is 0.298 e. The molecule has 14 heavy (non-hydrogen) atoms. The number of aromatic nitrogens is 1. The molecule has 0 fully saturated rings. The van der Waals surface area contributed by atoms with Crippen molar-refractivity contribution < 1.29 is 4.79 Å². The van der Waals surface area contributed by atoms with Crippen molar-refractivity contribution in [2.24, 2.45) is 0 Å². The number of Topliss-reactive ketones (excluding diaryl/α,β-unsaturated/α-hetero) is 1. The molecule has 1 aromatic rings. The lowest BCUT2D eigenvalue weighted by atomic mass is 10.2. The molecule has 0 bridgehead atoms. The number of ketones is 1. The molecule has 1 rings (SSSR count). The van der Waals surface area contributed by atoms with Crippen LogP contribution >= 0.6 is 27.7 Å². The lowest BCUT2D eigenvalue weighted by Gasteiger charge is -2.00. The maximum atomic E-state index is 11.4. The number of carbonyl (C=O) groups excluding carboxylic acids is 1. The van der Waals surface area contributed by atoms with Crippen molar-refractivity contribution in [3.8, 4) is 0 Å². The topological polar surface area (TPSA) is 30.0 Å². The van der Waals surface area contributed by atoms with Crippen LogP contribution in [0.2, 0.25) is 0 Å². The van der Waals surface area contributed by atoms with Gasteiger partial charge < -0.3 is 0 Å². The van der Waals surface area contributed by atoms with E-state index in [-0.39, 0.29) is 5.78 Å². The third-order valence-corrected chi connectivity index (χ3v) is 3.00. The number of hydrogen-bond acceptors (Lipinski definition) is 3. The zero-order valence-corrected chi connectivity index (χ0v) is 10.4. The normalized spacial score (nSPS) is 10.1. The van der Waals surface area contributed by atoms with Gasteiger partial charge in [-0.25, -0.2) is 0 Å². The Morgan fingerprint density at radius 3 is 3.00 bits per heavy atom. The van der Waals surface area contributed by atoms with Crippen molar-refractivity contribution in [2.45, 2.75) is 13.3 Å². The van der Waals surface area contributed by atoms with Gasteiger partial charge in [0.1, 0.15) is 5.78 Å². The Balaban J connectivity index is 2.47. The molecule has 0 radical (unpaired) electrons. The van der Waals surface area contributed by atoms with Gasteiger partial charge in [-0.05, 0) is 33.3 Å². The van der Waals surface area contributed by atoms with Gasteiger partial charge in [-0.2, -0.15) is 11.8 Å². The molecule has 0 unspecified atom stereocenters. The smallest absolute Gasteiger partial charge is 0.147 e. The number of nitrogens with zero attached hydrogens (tertiary/aromatic N) is 1. The molecule has 2 nitrogen and oxygen atoms in total. The molecular weight excluding hydrogens is 262 g/mol. The summed E-state index contributed by atoms with van der Waals surface area (Å²) in [6, 6.07) is 1.93. The zero-order chi connectivity index (χ0) is 10.4. The van der Waals surface area contributed by atoms with Gasteiger partial charge in [-0.3, -0.25) is 9.78 Å². The molecule has 0 spiro atoms. The fourth-order valence-electron chi connectivity index (χ4n) is 1.05. The van der Waals surface area contributed by atoms with Gasteiger partial charge in [0.25, 0.3) is 0 Å². The second kappa shape index (κ2) is 6.19. The Labute approximate surface area is 96.6 Å². The summed E-state index contributed by atoms with van der Waals surface area (Å²) in [5, 5.41) is 0. The van der Waals surface area contributed by atoms with Gasteiger partial charge in [0.05, 0.1) is 5.75 Å². The molecular formula is C10H12BrNOS. The van der Waals surface area contributed by atoms with Crippen LogP contribution in [0.4, 0.5) is 0 Å². The summed E-state index contributed by atoms with van der Waals surface area (Å²) in [6.07, 6.45) is 3.94. The lowest BCUT2D eigenvalue weighted by Crippen LogP contribution is -2.06. The molecule has 0 atom stereocenters. The fourth-order valence-corrected chi connectivity index (χ4v) is 1.99. The van der Waals surface area contributed by atoms with Crippen molar-refractivity contribution in [1.82, 2.24) is 4.98 Å². The van der Waals surface area contributed by atoms with E-state index in [1.54, 1.807) is 24.2 Å². The van der Waals surface area contributed by atoms with E-state index in [2.05, 4.69) is 27.8 Å². The van der Waals surface area contributed by atoms with E-state index >= 15 is 0 Å². The van der Waals surface area contributed by atoms with Crippen molar-refractivity contribution in [1.29, 1.82) is 0 Å². The second-order valence-electron chi connectivity index (χ2n) is 2.86. The van der Waals surface area contributed by atoms with Crippen LogP contribution in [0.5, 0.6) is 0 Å². The van der Waals surface area contributed by atoms with Crippen molar-refractivity contribution in [2.75, 3.05) is 11.5 Å². The van der Waals surface area contributed by atoms with Crippen LogP contribution in [0.3, 0.4) is 0 Å². The molecule has 4 heteroatoms.